The van der Waals surface area contributed by atoms with Crippen molar-refractivity contribution < 1.29 is 18.7 Å². The van der Waals surface area contributed by atoms with Gasteiger partial charge >= 0.3 is 0 Å². The van der Waals surface area contributed by atoms with Crippen LogP contribution in [-0.4, -0.2) is 12.7 Å². The van der Waals surface area contributed by atoms with Gasteiger partial charge in [-0.15, -0.1) is 0 Å². The van der Waals surface area contributed by atoms with Crippen molar-refractivity contribution in [3.63, 3.8) is 0 Å². The fourth-order valence-electron chi connectivity index (χ4n) is 3.35. The number of nitrogens with one attached hydrogen (secondary N) is 1. The number of carbonyl (C=O) groups is 1. The molecule has 130 valence electrons. The summed E-state index contributed by atoms with van der Waals surface area (Å²) in [7, 11) is 0. The second-order valence-electron chi connectivity index (χ2n) is 6.25. The number of hydrogen-bond acceptors (Lipinski definition) is 5. The Balaban J connectivity index is 1.65. The van der Waals surface area contributed by atoms with E-state index >= 15 is 0 Å². The zero-order chi connectivity index (χ0) is 17.7. The molecular weight excluding hydrogens is 332 g/mol. The monoisotopic (exact) mass is 348 g/mol. The van der Waals surface area contributed by atoms with Gasteiger partial charge in [0, 0.05) is 11.8 Å². The molecule has 26 heavy (non-hydrogen) atoms. The molecule has 0 spiro atoms. The van der Waals surface area contributed by atoms with E-state index in [1.54, 1.807) is 4.90 Å². The van der Waals surface area contributed by atoms with Crippen molar-refractivity contribution in [3.05, 3.63) is 71.7 Å². The largest absolute Gasteiger partial charge is 0.462 e. The third-order valence-electron chi connectivity index (χ3n) is 4.59. The number of rotatable bonds is 2. The molecule has 0 fully saturated rings. The van der Waals surface area contributed by atoms with Crippen molar-refractivity contribution in [2.75, 3.05) is 17.0 Å². The molecular formula is C20H16N2O4. The van der Waals surface area contributed by atoms with Crippen molar-refractivity contribution >= 4 is 17.3 Å². The molecule has 3 heterocycles. The normalized spacial score (nSPS) is 17.8. The Morgan fingerprint density at radius 1 is 1.04 bits per heavy atom. The summed E-state index contributed by atoms with van der Waals surface area (Å²) < 4.78 is 16.7. The molecule has 1 N–H and O–H groups in total. The van der Waals surface area contributed by atoms with Gasteiger partial charge in [0.1, 0.15) is 11.5 Å². The van der Waals surface area contributed by atoms with Crippen LogP contribution in [0.5, 0.6) is 11.5 Å². The summed E-state index contributed by atoms with van der Waals surface area (Å²) in [6.07, 6.45) is -0.452. The summed E-state index contributed by atoms with van der Waals surface area (Å²) in [5.41, 5.74) is 2.11. The lowest BCUT2D eigenvalue weighted by Gasteiger charge is -2.36. The molecule has 5 rings (SSSR count). The number of fused-ring (bicyclic) bond motifs is 2. The van der Waals surface area contributed by atoms with Crippen LogP contribution in [0.15, 0.2) is 59.0 Å². The van der Waals surface area contributed by atoms with Gasteiger partial charge in [-0.05, 0) is 43.3 Å². The molecule has 1 amide bonds. The van der Waals surface area contributed by atoms with E-state index in [0.717, 1.165) is 11.4 Å². The van der Waals surface area contributed by atoms with Crippen LogP contribution in [-0.2, 0) is 0 Å². The first-order chi connectivity index (χ1) is 12.7. The number of hydrogen-bond donors (Lipinski definition) is 1. The van der Waals surface area contributed by atoms with E-state index < -0.39 is 6.17 Å². The highest BCUT2D eigenvalue weighted by molar-refractivity contribution is 6.12. The average molecular weight is 348 g/mol. The number of anilines is 2. The number of ether oxygens (including phenoxy) is 2. The average Bonchev–Trinajstić information content (AvgIpc) is 3.29. The first-order valence-corrected chi connectivity index (χ1v) is 8.36. The first kappa shape index (κ1) is 14.9. The van der Waals surface area contributed by atoms with Crippen LogP contribution in [0.4, 0.5) is 11.4 Å². The minimum atomic E-state index is -0.452. The smallest absolute Gasteiger partial charge is 0.262 e. The number of para-hydroxylation sites is 1. The molecule has 2 aromatic carbocycles. The molecule has 0 bridgehead atoms. The number of amides is 1. The maximum absolute atomic E-state index is 13.3. The molecule has 1 aromatic heterocycles. The van der Waals surface area contributed by atoms with E-state index in [1.807, 2.05) is 61.5 Å². The quantitative estimate of drug-likeness (QED) is 0.756. The van der Waals surface area contributed by atoms with Crippen molar-refractivity contribution in [3.8, 4) is 11.5 Å². The van der Waals surface area contributed by atoms with Crippen LogP contribution < -0.4 is 19.7 Å². The Morgan fingerprint density at radius 3 is 2.73 bits per heavy atom. The number of benzene rings is 2. The van der Waals surface area contributed by atoms with Crippen molar-refractivity contribution in [2.24, 2.45) is 0 Å². The Bertz CT molecular complexity index is 1010. The van der Waals surface area contributed by atoms with Crippen LogP contribution in [0.25, 0.3) is 0 Å². The highest BCUT2D eigenvalue weighted by Crippen LogP contribution is 2.41. The highest BCUT2D eigenvalue weighted by atomic mass is 16.7. The van der Waals surface area contributed by atoms with Crippen molar-refractivity contribution in [1.29, 1.82) is 0 Å². The summed E-state index contributed by atoms with van der Waals surface area (Å²) in [5, 5.41) is 3.41. The number of carbonyl (C=O) groups excluding carboxylic acids is 1. The van der Waals surface area contributed by atoms with Gasteiger partial charge in [-0.25, -0.2) is 0 Å². The predicted molar refractivity (Wildman–Crippen MR) is 95.6 cm³/mol. The molecule has 6 nitrogen and oxygen atoms in total. The Kier molecular flexibility index (Phi) is 3.18. The minimum Gasteiger partial charge on any atom is -0.462 e. The maximum atomic E-state index is 13.3. The Labute approximate surface area is 149 Å². The Morgan fingerprint density at radius 2 is 1.88 bits per heavy atom. The van der Waals surface area contributed by atoms with Gasteiger partial charge in [0.2, 0.25) is 6.79 Å². The lowest BCUT2D eigenvalue weighted by molar-refractivity contribution is 0.0971. The van der Waals surface area contributed by atoms with Gasteiger partial charge < -0.3 is 19.2 Å². The van der Waals surface area contributed by atoms with E-state index in [-0.39, 0.29) is 12.7 Å². The molecule has 0 radical (unpaired) electrons. The minimum absolute atomic E-state index is 0.0998. The lowest BCUT2D eigenvalue weighted by Crippen LogP contribution is -2.43. The van der Waals surface area contributed by atoms with Crippen LogP contribution in [0.3, 0.4) is 0 Å². The third kappa shape index (κ3) is 2.23. The van der Waals surface area contributed by atoms with Gasteiger partial charge in [-0.3, -0.25) is 9.69 Å². The van der Waals surface area contributed by atoms with Crippen LogP contribution in [0.2, 0.25) is 0 Å². The molecule has 0 unspecified atom stereocenters. The molecule has 0 saturated carbocycles. The van der Waals surface area contributed by atoms with Crippen molar-refractivity contribution in [2.45, 2.75) is 13.1 Å². The topological polar surface area (TPSA) is 63.9 Å². The van der Waals surface area contributed by atoms with Crippen LogP contribution >= 0.6 is 0 Å². The van der Waals surface area contributed by atoms with Gasteiger partial charge in [-0.1, -0.05) is 12.1 Å². The number of aryl methyl sites for hydroxylation is 1. The molecule has 2 aliphatic rings. The Hall–Kier alpha value is -3.41. The highest BCUT2D eigenvalue weighted by Gasteiger charge is 2.36. The molecule has 3 aromatic rings. The van der Waals surface area contributed by atoms with Crippen LogP contribution in [0.1, 0.15) is 28.0 Å². The SMILES string of the molecule is Cc1ccc([C@H]2Nc3ccccc3C(=O)N2c2ccc3c(c2)OCO3)o1. The summed E-state index contributed by atoms with van der Waals surface area (Å²) in [5.74, 6) is 2.67. The lowest BCUT2D eigenvalue weighted by atomic mass is 10.1. The summed E-state index contributed by atoms with van der Waals surface area (Å²) in [4.78, 5) is 15.0. The van der Waals surface area contributed by atoms with E-state index in [0.29, 0.717) is 28.5 Å². The molecule has 0 aliphatic carbocycles. The standard InChI is InChI=1S/C20H16N2O4/c1-12-6-8-17(26-12)19-21-15-5-3-2-4-14(15)20(23)22(19)13-7-9-16-18(10-13)25-11-24-16/h2-10,19,21H,11H2,1H3/t19-/m0/s1. The maximum Gasteiger partial charge on any atom is 0.262 e. The van der Waals surface area contributed by atoms with Gasteiger partial charge in [-0.2, -0.15) is 0 Å². The second kappa shape index (κ2) is 5.56. The zero-order valence-electron chi connectivity index (χ0n) is 14.1. The van der Waals surface area contributed by atoms with Crippen LogP contribution in [0, 0.1) is 6.92 Å². The summed E-state index contributed by atoms with van der Waals surface area (Å²) in [6.45, 7) is 2.07. The molecule has 0 saturated heterocycles. The fraction of sp³-hybridized carbons (Fsp3) is 0.150. The number of nitrogens with zero attached hydrogens (tertiary/aromatic N) is 1. The van der Waals surface area contributed by atoms with Gasteiger partial charge in [0.15, 0.2) is 17.7 Å². The predicted octanol–water partition coefficient (Wildman–Crippen LogP) is 4.09. The molecule has 2 aliphatic heterocycles. The first-order valence-electron chi connectivity index (χ1n) is 8.36. The molecule has 1 atom stereocenters. The second-order valence-corrected chi connectivity index (χ2v) is 6.25. The summed E-state index contributed by atoms with van der Waals surface area (Å²) in [6, 6.07) is 16.7. The summed E-state index contributed by atoms with van der Waals surface area (Å²) >= 11 is 0. The third-order valence-corrected chi connectivity index (χ3v) is 4.59. The van der Waals surface area contributed by atoms with E-state index in [1.165, 1.54) is 0 Å². The van der Waals surface area contributed by atoms with Crippen molar-refractivity contribution in [1.82, 2.24) is 0 Å². The van der Waals surface area contributed by atoms with Gasteiger partial charge in [0.25, 0.3) is 5.91 Å². The van der Waals surface area contributed by atoms with E-state index in [9.17, 15) is 4.79 Å². The molecule has 6 heteroatoms. The van der Waals surface area contributed by atoms with Gasteiger partial charge in [0.05, 0.1) is 11.3 Å². The number of furan rings is 1. The van der Waals surface area contributed by atoms with E-state index in [4.69, 9.17) is 13.9 Å². The zero-order valence-corrected chi connectivity index (χ0v) is 14.1. The fourth-order valence-corrected chi connectivity index (χ4v) is 3.35. The van der Waals surface area contributed by atoms with E-state index in [2.05, 4.69) is 5.32 Å².